The van der Waals surface area contributed by atoms with Gasteiger partial charge in [-0.15, -0.1) is 15.3 Å². The SMILES string of the molecule is c1nnc2c3c(c(N4CCCCCC4)nn12)CCCC3. The highest BCUT2D eigenvalue weighted by atomic mass is 15.4. The Balaban J connectivity index is 1.84. The van der Waals surface area contributed by atoms with E-state index in [1.54, 1.807) is 6.33 Å². The van der Waals surface area contributed by atoms with E-state index >= 15 is 0 Å². The minimum Gasteiger partial charge on any atom is -0.355 e. The molecule has 2 aliphatic rings. The van der Waals surface area contributed by atoms with Crippen molar-refractivity contribution in [1.82, 2.24) is 19.8 Å². The molecule has 0 spiro atoms. The van der Waals surface area contributed by atoms with Gasteiger partial charge in [0.25, 0.3) is 0 Å². The van der Waals surface area contributed by atoms with E-state index in [4.69, 9.17) is 5.10 Å². The third-order valence-electron chi connectivity index (χ3n) is 4.65. The number of aryl methyl sites for hydroxylation is 1. The number of rotatable bonds is 1. The van der Waals surface area contributed by atoms with E-state index in [9.17, 15) is 0 Å². The van der Waals surface area contributed by atoms with E-state index in [1.807, 2.05) is 4.52 Å². The first-order chi connectivity index (χ1) is 9.93. The molecule has 2 aromatic rings. The van der Waals surface area contributed by atoms with Crippen LogP contribution in [0.25, 0.3) is 5.65 Å². The summed E-state index contributed by atoms with van der Waals surface area (Å²) in [5.41, 5.74) is 3.81. The summed E-state index contributed by atoms with van der Waals surface area (Å²) >= 11 is 0. The molecule has 2 aromatic heterocycles. The smallest absolute Gasteiger partial charge is 0.181 e. The van der Waals surface area contributed by atoms with Crippen LogP contribution in [0.4, 0.5) is 5.82 Å². The largest absolute Gasteiger partial charge is 0.355 e. The van der Waals surface area contributed by atoms with Crippen LogP contribution < -0.4 is 4.90 Å². The molecule has 0 saturated carbocycles. The minimum atomic E-state index is 0.971. The van der Waals surface area contributed by atoms with Crippen LogP contribution in [0.3, 0.4) is 0 Å². The molecule has 0 atom stereocenters. The number of nitrogens with zero attached hydrogens (tertiary/aromatic N) is 5. The molecule has 0 N–H and O–H groups in total. The summed E-state index contributed by atoms with van der Waals surface area (Å²) in [7, 11) is 0. The molecule has 3 heterocycles. The molecule has 0 radical (unpaired) electrons. The second-order valence-electron chi connectivity index (χ2n) is 5.99. The van der Waals surface area contributed by atoms with Crippen molar-refractivity contribution in [2.24, 2.45) is 0 Å². The first-order valence-corrected chi connectivity index (χ1v) is 7.90. The van der Waals surface area contributed by atoms with Crippen LogP contribution in [0, 0.1) is 0 Å². The standard InChI is InChI=1S/C15H21N5/c1-2-6-10-19(9-5-1)15-13-8-4-3-7-12(13)14-17-16-11-20(14)18-15/h11H,1-10H2. The van der Waals surface area contributed by atoms with Crippen molar-refractivity contribution in [1.29, 1.82) is 0 Å². The second kappa shape index (κ2) is 5.04. The van der Waals surface area contributed by atoms with Gasteiger partial charge in [-0.2, -0.15) is 4.52 Å². The lowest BCUT2D eigenvalue weighted by Crippen LogP contribution is -2.28. The molecule has 1 aliphatic carbocycles. The van der Waals surface area contributed by atoms with E-state index in [-0.39, 0.29) is 0 Å². The minimum absolute atomic E-state index is 0.971. The van der Waals surface area contributed by atoms with Crippen molar-refractivity contribution in [3.05, 3.63) is 17.5 Å². The maximum atomic E-state index is 4.83. The number of hydrogen-bond donors (Lipinski definition) is 0. The van der Waals surface area contributed by atoms with E-state index in [0.29, 0.717) is 0 Å². The molecular formula is C15H21N5. The number of fused-ring (bicyclic) bond motifs is 3. The van der Waals surface area contributed by atoms with Crippen LogP contribution in [-0.2, 0) is 12.8 Å². The molecule has 20 heavy (non-hydrogen) atoms. The van der Waals surface area contributed by atoms with Crippen LogP contribution in [0.5, 0.6) is 0 Å². The molecule has 1 fully saturated rings. The van der Waals surface area contributed by atoms with Gasteiger partial charge in [-0.3, -0.25) is 0 Å². The molecule has 0 amide bonds. The van der Waals surface area contributed by atoms with Gasteiger partial charge < -0.3 is 4.90 Å². The average Bonchev–Trinajstić information content (AvgIpc) is 2.80. The fourth-order valence-electron chi connectivity index (χ4n) is 3.60. The van der Waals surface area contributed by atoms with Gasteiger partial charge in [-0.25, -0.2) is 0 Å². The number of aromatic nitrogens is 4. The summed E-state index contributed by atoms with van der Waals surface area (Å²) in [5, 5.41) is 13.1. The Morgan fingerprint density at radius 3 is 2.40 bits per heavy atom. The zero-order valence-corrected chi connectivity index (χ0v) is 11.9. The Hall–Kier alpha value is -1.65. The van der Waals surface area contributed by atoms with Crippen LogP contribution in [-0.4, -0.2) is 32.9 Å². The lowest BCUT2D eigenvalue weighted by Gasteiger charge is -2.27. The van der Waals surface area contributed by atoms with Crippen molar-refractivity contribution in [3.63, 3.8) is 0 Å². The highest BCUT2D eigenvalue weighted by molar-refractivity contribution is 5.61. The molecule has 106 valence electrons. The summed E-state index contributed by atoms with van der Waals surface area (Å²) in [6.07, 6.45) is 11.8. The first kappa shape index (κ1) is 12.1. The third kappa shape index (κ3) is 1.96. The maximum Gasteiger partial charge on any atom is 0.181 e. The maximum absolute atomic E-state index is 4.83. The summed E-state index contributed by atoms with van der Waals surface area (Å²) < 4.78 is 1.88. The number of anilines is 1. The van der Waals surface area contributed by atoms with Crippen LogP contribution in [0.2, 0.25) is 0 Å². The van der Waals surface area contributed by atoms with Gasteiger partial charge in [0.1, 0.15) is 6.33 Å². The molecular weight excluding hydrogens is 250 g/mol. The van der Waals surface area contributed by atoms with E-state index < -0.39 is 0 Å². The summed E-state index contributed by atoms with van der Waals surface area (Å²) in [6.45, 7) is 2.29. The zero-order valence-electron chi connectivity index (χ0n) is 11.9. The van der Waals surface area contributed by atoms with Crippen molar-refractivity contribution >= 4 is 11.5 Å². The summed E-state index contributed by atoms with van der Waals surface area (Å²) in [6, 6.07) is 0. The topological polar surface area (TPSA) is 46.3 Å². The Labute approximate surface area is 119 Å². The fourth-order valence-corrected chi connectivity index (χ4v) is 3.60. The summed E-state index contributed by atoms with van der Waals surface area (Å²) in [5.74, 6) is 1.20. The predicted octanol–water partition coefficient (Wildman–Crippen LogP) is 2.38. The van der Waals surface area contributed by atoms with Gasteiger partial charge in [-0.1, -0.05) is 12.8 Å². The predicted molar refractivity (Wildman–Crippen MR) is 78.1 cm³/mol. The Morgan fingerprint density at radius 2 is 1.60 bits per heavy atom. The lowest BCUT2D eigenvalue weighted by atomic mass is 9.92. The molecule has 0 bridgehead atoms. The van der Waals surface area contributed by atoms with Crippen LogP contribution in [0.1, 0.15) is 49.7 Å². The molecule has 0 aromatic carbocycles. The van der Waals surface area contributed by atoms with Gasteiger partial charge in [0.05, 0.1) is 0 Å². The average molecular weight is 271 g/mol. The molecule has 1 aliphatic heterocycles. The van der Waals surface area contributed by atoms with Crippen molar-refractivity contribution in [2.45, 2.75) is 51.4 Å². The van der Waals surface area contributed by atoms with Gasteiger partial charge in [0.2, 0.25) is 0 Å². The Bertz CT molecular complexity index is 610. The normalized spacial score (nSPS) is 19.9. The van der Waals surface area contributed by atoms with Crippen molar-refractivity contribution < 1.29 is 0 Å². The molecule has 1 saturated heterocycles. The molecule has 4 rings (SSSR count). The quantitative estimate of drug-likeness (QED) is 0.799. The molecule has 0 unspecified atom stereocenters. The first-order valence-electron chi connectivity index (χ1n) is 7.90. The van der Waals surface area contributed by atoms with Crippen molar-refractivity contribution in [2.75, 3.05) is 18.0 Å². The highest BCUT2D eigenvalue weighted by Crippen LogP contribution is 2.31. The fraction of sp³-hybridized carbons (Fsp3) is 0.667. The van der Waals surface area contributed by atoms with E-state index in [2.05, 4.69) is 15.1 Å². The second-order valence-corrected chi connectivity index (χ2v) is 5.99. The van der Waals surface area contributed by atoms with Gasteiger partial charge >= 0.3 is 0 Å². The van der Waals surface area contributed by atoms with Gasteiger partial charge in [0, 0.05) is 24.2 Å². The number of hydrogen-bond acceptors (Lipinski definition) is 4. The molecule has 5 nitrogen and oxygen atoms in total. The van der Waals surface area contributed by atoms with Gasteiger partial charge in [-0.05, 0) is 38.5 Å². The van der Waals surface area contributed by atoms with Gasteiger partial charge in [0.15, 0.2) is 11.5 Å². The third-order valence-corrected chi connectivity index (χ3v) is 4.65. The highest BCUT2D eigenvalue weighted by Gasteiger charge is 2.23. The van der Waals surface area contributed by atoms with E-state index in [1.165, 1.54) is 55.5 Å². The van der Waals surface area contributed by atoms with Crippen LogP contribution >= 0.6 is 0 Å². The monoisotopic (exact) mass is 271 g/mol. The molecule has 5 heteroatoms. The zero-order chi connectivity index (χ0) is 13.4. The van der Waals surface area contributed by atoms with E-state index in [0.717, 1.165) is 31.6 Å². The Kier molecular flexibility index (Phi) is 3.05. The summed E-state index contributed by atoms with van der Waals surface area (Å²) in [4.78, 5) is 2.50. The Morgan fingerprint density at radius 1 is 0.850 bits per heavy atom. The van der Waals surface area contributed by atoms with Crippen molar-refractivity contribution in [3.8, 4) is 0 Å². The lowest BCUT2D eigenvalue weighted by molar-refractivity contribution is 0.662. The van der Waals surface area contributed by atoms with Crippen LogP contribution in [0.15, 0.2) is 6.33 Å².